The second-order valence-corrected chi connectivity index (χ2v) is 9.81. The van der Waals surface area contributed by atoms with E-state index in [9.17, 15) is 9.59 Å². The van der Waals surface area contributed by atoms with E-state index in [1.54, 1.807) is 6.07 Å². The molecule has 2 aromatic carbocycles. The van der Waals surface area contributed by atoms with Crippen LogP contribution in [0, 0.1) is 0 Å². The quantitative estimate of drug-likeness (QED) is 0.443. The first-order valence-electron chi connectivity index (χ1n) is 11.6. The van der Waals surface area contributed by atoms with Crippen LogP contribution in [0.15, 0.2) is 46.9 Å². The highest BCUT2D eigenvalue weighted by atomic mass is 32.2. The molecule has 1 aliphatic heterocycles. The number of hydrogen-bond acceptors (Lipinski definition) is 7. The number of carbonyl (C=O) groups excluding carboxylic acids is 2. The maximum absolute atomic E-state index is 12.9. The van der Waals surface area contributed by atoms with Crippen LogP contribution < -0.4 is 14.8 Å². The van der Waals surface area contributed by atoms with Crippen molar-refractivity contribution >= 4 is 34.6 Å². The number of benzene rings is 2. The Hall–Kier alpha value is -3.13. The standard InChI is InChI=1S/C26H27NO6S/c28-24(27-13-17-10-11-22-23(12-17)32-16-31-22)14-30-26(29)25-20(15-34-18-6-2-1-3-7-18)19-8-4-5-9-21(19)33-25/h4-5,8-12,18H,1-3,6-7,13-16H2,(H,27,28). The number of ether oxygens (including phenoxy) is 3. The van der Waals surface area contributed by atoms with E-state index < -0.39 is 5.97 Å². The average molecular weight is 482 g/mol. The number of carbonyl (C=O) groups is 2. The van der Waals surface area contributed by atoms with Gasteiger partial charge in [-0.15, -0.1) is 0 Å². The molecule has 7 nitrogen and oxygen atoms in total. The van der Waals surface area contributed by atoms with Crippen molar-refractivity contribution in [3.8, 4) is 11.5 Å². The van der Waals surface area contributed by atoms with Crippen LogP contribution in [0.2, 0.25) is 0 Å². The molecule has 2 heterocycles. The van der Waals surface area contributed by atoms with Crippen molar-refractivity contribution in [2.45, 2.75) is 49.7 Å². The van der Waals surface area contributed by atoms with Crippen molar-refractivity contribution in [3.05, 3.63) is 59.4 Å². The minimum absolute atomic E-state index is 0.188. The zero-order valence-corrected chi connectivity index (χ0v) is 19.7. The lowest BCUT2D eigenvalue weighted by atomic mass is 10.0. The van der Waals surface area contributed by atoms with E-state index in [4.69, 9.17) is 18.6 Å². The Kier molecular flexibility index (Phi) is 6.94. The minimum atomic E-state index is -0.617. The summed E-state index contributed by atoms with van der Waals surface area (Å²) in [5.41, 5.74) is 2.36. The summed E-state index contributed by atoms with van der Waals surface area (Å²) in [6.07, 6.45) is 6.26. The summed E-state index contributed by atoms with van der Waals surface area (Å²) in [4.78, 5) is 25.2. The van der Waals surface area contributed by atoms with Crippen LogP contribution in [0.5, 0.6) is 11.5 Å². The summed E-state index contributed by atoms with van der Waals surface area (Å²) in [6.45, 7) is 0.112. The smallest absolute Gasteiger partial charge is 0.375 e. The van der Waals surface area contributed by atoms with Crippen molar-refractivity contribution < 1.29 is 28.2 Å². The molecule has 1 amide bonds. The fourth-order valence-corrected chi connectivity index (χ4v) is 5.69. The number of amides is 1. The van der Waals surface area contributed by atoms with Crippen molar-refractivity contribution in [2.24, 2.45) is 0 Å². The molecule has 0 unspecified atom stereocenters. The van der Waals surface area contributed by atoms with E-state index in [1.165, 1.54) is 32.1 Å². The summed E-state index contributed by atoms with van der Waals surface area (Å²) in [5, 5.41) is 4.29. The molecule has 2 aliphatic rings. The number of esters is 1. The predicted octanol–water partition coefficient (Wildman–Crippen LogP) is 5.20. The number of hydrogen-bond donors (Lipinski definition) is 1. The van der Waals surface area contributed by atoms with Crippen LogP contribution in [-0.4, -0.2) is 30.5 Å². The highest BCUT2D eigenvalue weighted by Crippen LogP contribution is 2.35. The molecular weight excluding hydrogens is 454 g/mol. The second-order valence-electron chi connectivity index (χ2n) is 8.52. The van der Waals surface area contributed by atoms with Gasteiger partial charge in [-0.05, 0) is 36.6 Å². The molecule has 5 rings (SSSR count). The van der Waals surface area contributed by atoms with Crippen LogP contribution in [-0.2, 0) is 21.8 Å². The molecule has 1 aliphatic carbocycles. The van der Waals surface area contributed by atoms with Gasteiger partial charge in [-0.2, -0.15) is 11.8 Å². The van der Waals surface area contributed by atoms with E-state index in [1.807, 2.05) is 48.2 Å². The van der Waals surface area contributed by atoms with Crippen molar-refractivity contribution in [3.63, 3.8) is 0 Å². The lowest BCUT2D eigenvalue weighted by Gasteiger charge is -2.20. The van der Waals surface area contributed by atoms with E-state index in [-0.39, 0.29) is 25.1 Å². The Balaban J connectivity index is 1.19. The molecule has 0 spiro atoms. The van der Waals surface area contributed by atoms with Crippen LogP contribution in [0.1, 0.15) is 53.8 Å². The lowest BCUT2D eigenvalue weighted by molar-refractivity contribution is -0.124. The van der Waals surface area contributed by atoms with Crippen molar-refractivity contribution in [1.29, 1.82) is 0 Å². The van der Waals surface area contributed by atoms with Gasteiger partial charge in [0.1, 0.15) is 5.58 Å². The first-order chi connectivity index (χ1) is 16.7. The maximum atomic E-state index is 12.9. The van der Waals surface area contributed by atoms with E-state index in [2.05, 4.69) is 5.32 Å². The number of para-hydroxylation sites is 1. The largest absolute Gasteiger partial charge is 0.454 e. The van der Waals surface area contributed by atoms with Gasteiger partial charge >= 0.3 is 5.97 Å². The van der Waals surface area contributed by atoms with Gasteiger partial charge in [0.15, 0.2) is 18.1 Å². The molecule has 1 fully saturated rings. The molecule has 0 atom stereocenters. The number of fused-ring (bicyclic) bond motifs is 2. The Morgan fingerprint density at radius 1 is 1.03 bits per heavy atom. The van der Waals surface area contributed by atoms with Crippen molar-refractivity contribution in [2.75, 3.05) is 13.4 Å². The van der Waals surface area contributed by atoms with Crippen molar-refractivity contribution in [1.82, 2.24) is 5.32 Å². The van der Waals surface area contributed by atoms with Gasteiger partial charge in [0.05, 0.1) is 0 Å². The Morgan fingerprint density at radius 3 is 2.74 bits per heavy atom. The Morgan fingerprint density at radius 2 is 1.85 bits per heavy atom. The zero-order valence-electron chi connectivity index (χ0n) is 18.8. The molecule has 0 radical (unpaired) electrons. The summed E-state index contributed by atoms with van der Waals surface area (Å²) in [7, 11) is 0. The normalized spacial score (nSPS) is 15.4. The average Bonchev–Trinajstić information content (AvgIpc) is 3.49. The molecule has 0 saturated heterocycles. The molecule has 8 heteroatoms. The molecule has 3 aromatic rings. The van der Waals surface area contributed by atoms with Gasteiger partial charge in [0.2, 0.25) is 12.6 Å². The molecule has 1 saturated carbocycles. The lowest BCUT2D eigenvalue weighted by Crippen LogP contribution is -2.28. The van der Waals surface area contributed by atoms with E-state index in [0.29, 0.717) is 34.6 Å². The van der Waals surface area contributed by atoms with E-state index in [0.717, 1.165) is 16.5 Å². The van der Waals surface area contributed by atoms with Gasteiger partial charge < -0.3 is 23.9 Å². The molecular formula is C26H27NO6S. The second kappa shape index (κ2) is 10.4. The first-order valence-corrected chi connectivity index (χ1v) is 12.7. The SMILES string of the molecule is O=C(COC(=O)c1oc2ccccc2c1CSC1CCCCC1)NCc1ccc2c(c1)OCO2. The number of thioether (sulfide) groups is 1. The molecule has 1 aromatic heterocycles. The molecule has 1 N–H and O–H groups in total. The van der Waals surface area contributed by atoms with Crippen LogP contribution in [0.3, 0.4) is 0 Å². The van der Waals surface area contributed by atoms with Gasteiger partial charge in [0, 0.05) is 28.5 Å². The van der Waals surface area contributed by atoms with Gasteiger partial charge in [-0.1, -0.05) is 43.5 Å². The third-order valence-electron chi connectivity index (χ3n) is 6.16. The van der Waals surface area contributed by atoms with Gasteiger partial charge in [0.25, 0.3) is 5.91 Å². The number of nitrogens with one attached hydrogen (secondary N) is 1. The maximum Gasteiger partial charge on any atom is 0.375 e. The van der Waals surface area contributed by atoms with Gasteiger partial charge in [-0.25, -0.2) is 4.79 Å². The summed E-state index contributed by atoms with van der Waals surface area (Å²) < 4.78 is 21.8. The zero-order chi connectivity index (χ0) is 23.3. The summed E-state index contributed by atoms with van der Waals surface area (Å²) in [6, 6.07) is 13.1. The fourth-order valence-electron chi connectivity index (χ4n) is 4.34. The number of rotatable bonds is 8. The molecule has 34 heavy (non-hydrogen) atoms. The summed E-state index contributed by atoms with van der Waals surface area (Å²) >= 11 is 1.87. The third kappa shape index (κ3) is 5.17. The monoisotopic (exact) mass is 481 g/mol. The highest BCUT2D eigenvalue weighted by Gasteiger charge is 2.24. The van der Waals surface area contributed by atoms with Crippen LogP contribution >= 0.6 is 11.8 Å². The minimum Gasteiger partial charge on any atom is -0.454 e. The van der Waals surface area contributed by atoms with Crippen LogP contribution in [0.25, 0.3) is 11.0 Å². The predicted molar refractivity (Wildman–Crippen MR) is 129 cm³/mol. The van der Waals surface area contributed by atoms with Gasteiger partial charge in [-0.3, -0.25) is 4.79 Å². The molecule has 178 valence electrons. The topological polar surface area (TPSA) is 87.0 Å². The highest BCUT2D eigenvalue weighted by molar-refractivity contribution is 7.99. The summed E-state index contributed by atoms with van der Waals surface area (Å²) in [5.74, 6) is 1.21. The van der Waals surface area contributed by atoms with Crippen LogP contribution in [0.4, 0.5) is 0 Å². The Labute approximate surface area is 202 Å². The third-order valence-corrected chi connectivity index (χ3v) is 7.56. The number of furan rings is 1. The van der Waals surface area contributed by atoms with E-state index >= 15 is 0 Å². The Bertz CT molecular complexity index is 1180. The first kappa shape index (κ1) is 22.7. The molecule has 0 bridgehead atoms. The fraction of sp³-hybridized carbons (Fsp3) is 0.385.